The van der Waals surface area contributed by atoms with Crippen molar-refractivity contribution in [2.75, 3.05) is 42.9 Å². The molecule has 1 aromatic heterocycles. The van der Waals surface area contributed by atoms with Crippen LogP contribution in [0.25, 0.3) is 0 Å². The summed E-state index contributed by atoms with van der Waals surface area (Å²) >= 11 is 12.3. The molecule has 24 heavy (non-hydrogen) atoms. The smallest absolute Gasteiger partial charge is 0.136 e. The second-order valence-corrected chi connectivity index (χ2v) is 6.59. The first-order chi connectivity index (χ1) is 11.6. The molecule has 128 valence electrons. The van der Waals surface area contributed by atoms with E-state index in [0.29, 0.717) is 10.0 Å². The van der Waals surface area contributed by atoms with Gasteiger partial charge in [-0.25, -0.2) is 9.97 Å². The number of benzene rings is 1. The van der Waals surface area contributed by atoms with Crippen LogP contribution in [0.3, 0.4) is 0 Å². The molecule has 1 aromatic carbocycles. The van der Waals surface area contributed by atoms with E-state index in [-0.39, 0.29) is 0 Å². The second-order valence-electron chi connectivity index (χ2n) is 5.81. The Labute approximate surface area is 152 Å². The Morgan fingerprint density at radius 3 is 2.58 bits per heavy atom. The fourth-order valence-electron chi connectivity index (χ4n) is 2.81. The summed E-state index contributed by atoms with van der Waals surface area (Å²) in [5.41, 5.74) is 0.740. The number of aromatic nitrogens is 2. The lowest BCUT2D eigenvalue weighted by Crippen LogP contribution is -2.46. The Kier molecular flexibility index (Phi) is 5.43. The van der Waals surface area contributed by atoms with Crippen LogP contribution in [0, 0.1) is 6.92 Å². The van der Waals surface area contributed by atoms with Crippen LogP contribution in [-0.4, -0.2) is 47.6 Å². The number of piperazine rings is 1. The minimum Gasteiger partial charge on any atom is -0.354 e. The van der Waals surface area contributed by atoms with Gasteiger partial charge in [0.2, 0.25) is 0 Å². The number of anilines is 3. The number of nitrogens with zero attached hydrogens (tertiary/aromatic N) is 4. The van der Waals surface area contributed by atoms with Gasteiger partial charge in [0, 0.05) is 32.2 Å². The number of rotatable bonds is 4. The summed E-state index contributed by atoms with van der Waals surface area (Å²) in [6.45, 7) is 9.25. The average Bonchev–Trinajstić information content (AvgIpc) is 2.58. The number of hydrogen-bond acceptors (Lipinski definition) is 5. The summed E-state index contributed by atoms with van der Waals surface area (Å²) in [7, 11) is 0. The molecule has 0 atom stereocenters. The standard InChI is InChI=1S/C17H21Cl2N5/c1-3-23-7-9-24(10-8-23)16-11-15(20-12(2)21-16)22-14-6-4-5-13(18)17(14)19/h4-6,11H,3,7-10H2,1-2H3,(H,20,21,22). The number of hydrogen-bond donors (Lipinski definition) is 1. The van der Waals surface area contributed by atoms with Gasteiger partial charge in [0.05, 0.1) is 15.7 Å². The number of likely N-dealkylation sites (N-methyl/N-ethyl adjacent to an activating group) is 1. The molecule has 1 fully saturated rings. The molecule has 1 N–H and O–H groups in total. The van der Waals surface area contributed by atoms with Crippen molar-refractivity contribution in [2.24, 2.45) is 0 Å². The number of nitrogens with one attached hydrogen (secondary N) is 1. The van der Waals surface area contributed by atoms with Crippen LogP contribution in [0.5, 0.6) is 0 Å². The fourth-order valence-corrected chi connectivity index (χ4v) is 3.16. The summed E-state index contributed by atoms with van der Waals surface area (Å²) in [5.74, 6) is 2.39. The van der Waals surface area contributed by atoms with Crippen LogP contribution >= 0.6 is 23.2 Å². The van der Waals surface area contributed by atoms with Gasteiger partial charge in [-0.05, 0) is 25.6 Å². The molecule has 0 saturated carbocycles. The molecular formula is C17H21Cl2N5. The van der Waals surface area contributed by atoms with E-state index in [1.165, 1.54) is 0 Å². The van der Waals surface area contributed by atoms with E-state index < -0.39 is 0 Å². The molecule has 0 bridgehead atoms. The third-order valence-corrected chi connectivity index (χ3v) is 5.00. The Hall–Kier alpha value is -1.56. The number of halogens is 2. The zero-order chi connectivity index (χ0) is 17.1. The van der Waals surface area contributed by atoms with Crippen molar-refractivity contribution in [1.82, 2.24) is 14.9 Å². The maximum atomic E-state index is 6.25. The molecule has 5 nitrogen and oxygen atoms in total. The molecular weight excluding hydrogens is 345 g/mol. The van der Waals surface area contributed by atoms with Gasteiger partial charge in [-0.3, -0.25) is 0 Å². The van der Waals surface area contributed by atoms with Gasteiger partial charge in [-0.1, -0.05) is 36.2 Å². The van der Waals surface area contributed by atoms with Crippen LogP contribution in [0.15, 0.2) is 24.3 Å². The lowest BCUT2D eigenvalue weighted by atomic mass is 10.3. The molecule has 2 heterocycles. The Morgan fingerprint density at radius 2 is 1.88 bits per heavy atom. The third kappa shape index (κ3) is 3.91. The Morgan fingerprint density at radius 1 is 1.12 bits per heavy atom. The molecule has 2 aromatic rings. The molecule has 1 aliphatic heterocycles. The maximum Gasteiger partial charge on any atom is 0.136 e. The second kappa shape index (κ2) is 7.55. The molecule has 1 saturated heterocycles. The minimum atomic E-state index is 0.494. The molecule has 0 radical (unpaired) electrons. The molecule has 0 aliphatic carbocycles. The lowest BCUT2D eigenvalue weighted by Gasteiger charge is -2.34. The van der Waals surface area contributed by atoms with Gasteiger partial charge >= 0.3 is 0 Å². The normalized spacial score (nSPS) is 15.6. The Bertz CT molecular complexity index is 714. The van der Waals surface area contributed by atoms with E-state index in [9.17, 15) is 0 Å². The third-order valence-electron chi connectivity index (χ3n) is 4.18. The van der Waals surface area contributed by atoms with Gasteiger partial charge in [0.15, 0.2) is 0 Å². The summed E-state index contributed by atoms with van der Waals surface area (Å²) in [4.78, 5) is 13.8. The zero-order valence-electron chi connectivity index (χ0n) is 13.9. The largest absolute Gasteiger partial charge is 0.354 e. The van der Waals surface area contributed by atoms with Crippen LogP contribution in [0.4, 0.5) is 17.3 Å². The van der Waals surface area contributed by atoms with Gasteiger partial charge in [0.1, 0.15) is 17.5 Å². The van der Waals surface area contributed by atoms with Gasteiger partial charge in [-0.2, -0.15) is 0 Å². The topological polar surface area (TPSA) is 44.3 Å². The van der Waals surface area contributed by atoms with Crippen molar-refractivity contribution in [3.8, 4) is 0 Å². The molecule has 0 unspecified atom stereocenters. The number of aryl methyl sites for hydroxylation is 1. The summed E-state index contributed by atoms with van der Waals surface area (Å²) < 4.78 is 0. The van der Waals surface area contributed by atoms with Gasteiger partial charge in [0.25, 0.3) is 0 Å². The Balaban J connectivity index is 1.80. The first-order valence-electron chi connectivity index (χ1n) is 8.11. The highest BCUT2D eigenvalue weighted by atomic mass is 35.5. The van der Waals surface area contributed by atoms with Crippen molar-refractivity contribution in [1.29, 1.82) is 0 Å². The SMILES string of the molecule is CCN1CCN(c2cc(Nc3cccc(Cl)c3Cl)nc(C)n2)CC1. The van der Waals surface area contributed by atoms with E-state index in [0.717, 1.165) is 55.9 Å². The summed E-state index contributed by atoms with van der Waals surface area (Å²) in [5, 5.41) is 4.26. The lowest BCUT2D eigenvalue weighted by molar-refractivity contribution is 0.270. The van der Waals surface area contributed by atoms with Crippen molar-refractivity contribution >= 4 is 40.5 Å². The predicted octanol–water partition coefficient (Wildman–Crippen LogP) is 3.98. The van der Waals surface area contributed by atoms with Crippen LogP contribution in [-0.2, 0) is 0 Å². The van der Waals surface area contributed by atoms with E-state index in [2.05, 4.69) is 32.0 Å². The van der Waals surface area contributed by atoms with Crippen molar-refractivity contribution in [2.45, 2.75) is 13.8 Å². The van der Waals surface area contributed by atoms with Crippen LogP contribution in [0.1, 0.15) is 12.7 Å². The van der Waals surface area contributed by atoms with E-state index in [1.54, 1.807) is 6.07 Å². The van der Waals surface area contributed by atoms with Gasteiger partial charge < -0.3 is 15.1 Å². The van der Waals surface area contributed by atoms with Crippen LogP contribution < -0.4 is 10.2 Å². The monoisotopic (exact) mass is 365 g/mol. The van der Waals surface area contributed by atoms with Crippen molar-refractivity contribution < 1.29 is 0 Å². The molecule has 0 spiro atoms. The van der Waals surface area contributed by atoms with Crippen molar-refractivity contribution in [3.05, 3.63) is 40.1 Å². The van der Waals surface area contributed by atoms with E-state index in [1.807, 2.05) is 25.1 Å². The minimum absolute atomic E-state index is 0.494. The first kappa shape index (κ1) is 17.3. The molecule has 3 rings (SSSR count). The quantitative estimate of drug-likeness (QED) is 0.887. The predicted molar refractivity (Wildman–Crippen MR) is 101 cm³/mol. The summed E-state index contributed by atoms with van der Waals surface area (Å²) in [6.07, 6.45) is 0. The maximum absolute atomic E-state index is 6.25. The van der Waals surface area contributed by atoms with E-state index in [4.69, 9.17) is 23.2 Å². The van der Waals surface area contributed by atoms with Gasteiger partial charge in [-0.15, -0.1) is 0 Å². The first-order valence-corrected chi connectivity index (χ1v) is 8.86. The zero-order valence-corrected chi connectivity index (χ0v) is 15.4. The highest BCUT2D eigenvalue weighted by Gasteiger charge is 2.18. The summed E-state index contributed by atoms with van der Waals surface area (Å²) in [6, 6.07) is 7.46. The highest BCUT2D eigenvalue weighted by Crippen LogP contribution is 2.31. The molecule has 1 aliphatic rings. The molecule has 7 heteroatoms. The average molecular weight is 366 g/mol. The fraction of sp³-hybridized carbons (Fsp3) is 0.412. The van der Waals surface area contributed by atoms with Crippen molar-refractivity contribution in [3.63, 3.8) is 0 Å². The highest BCUT2D eigenvalue weighted by molar-refractivity contribution is 6.43. The van der Waals surface area contributed by atoms with Crippen LogP contribution in [0.2, 0.25) is 10.0 Å². The molecule has 0 amide bonds. The van der Waals surface area contributed by atoms with E-state index >= 15 is 0 Å².